The minimum absolute atomic E-state index is 0.206. The van der Waals surface area contributed by atoms with E-state index in [-0.39, 0.29) is 6.10 Å². The Labute approximate surface area is 170 Å². The highest BCUT2D eigenvalue weighted by Crippen LogP contribution is 2.29. The van der Waals surface area contributed by atoms with Crippen molar-refractivity contribution in [2.75, 3.05) is 20.8 Å². The van der Waals surface area contributed by atoms with E-state index in [0.29, 0.717) is 11.8 Å². The van der Waals surface area contributed by atoms with E-state index in [1.165, 1.54) is 11.1 Å². The molecule has 2 rings (SSSR count). The predicted molar refractivity (Wildman–Crippen MR) is 114 cm³/mol. The van der Waals surface area contributed by atoms with Crippen LogP contribution in [0.25, 0.3) is 0 Å². The largest absolute Gasteiger partial charge is 0.493 e. The molecule has 0 aromatic heterocycles. The monoisotopic (exact) mass is 386 g/mol. The number of benzene rings is 2. The quantitative estimate of drug-likeness (QED) is 0.583. The van der Waals surface area contributed by atoms with E-state index in [1.54, 1.807) is 14.2 Å². The van der Waals surface area contributed by atoms with Crippen LogP contribution in [-0.2, 0) is 6.54 Å². The molecule has 0 aliphatic rings. The third kappa shape index (κ3) is 6.45. The van der Waals surface area contributed by atoms with Crippen molar-refractivity contribution in [3.05, 3.63) is 53.6 Å². The van der Waals surface area contributed by atoms with Crippen LogP contribution in [0.3, 0.4) is 0 Å². The zero-order valence-electron chi connectivity index (χ0n) is 18.2. The van der Waals surface area contributed by atoms with E-state index >= 15 is 0 Å². The Kier molecular flexibility index (Phi) is 8.65. The molecule has 0 bridgehead atoms. The molecule has 0 amide bonds. The summed E-state index contributed by atoms with van der Waals surface area (Å²) in [7, 11) is 3.34. The highest BCUT2D eigenvalue weighted by atomic mass is 16.5. The van der Waals surface area contributed by atoms with Crippen LogP contribution >= 0.6 is 0 Å². The summed E-state index contributed by atoms with van der Waals surface area (Å²) in [6.45, 7) is 10.7. The SMILES string of the molecule is COc1ccc(C[NH2+]CC[C@H](c2ccc(OC(C)C)cc2)C(C)C)cc1OC. The fraction of sp³-hybridized carbons (Fsp3) is 0.500. The molecule has 0 radical (unpaired) electrons. The second-order valence-corrected chi connectivity index (χ2v) is 7.85. The van der Waals surface area contributed by atoms with E-state index in [2.05, 4.69) is 69.4 Å². The summed E-state index contributed by atoms with van der Waals surface area (Å²) in [6, 6.07) is 14.8. The van der Waals surface area contributed by atoms with Crippen molar-refractivity contribution in [3.8, 4) is 17.2 Å². The Hall–Kier alpha value is -2.20. The summed E-state index contributed by atoms with van der Waals surface area (Å²) in [6.07, 6.45) is 1.35. The lowest BCUT2D eigenvalue weighted by molar-refractivity contribution is -0.671. The Morgan fingerprint density at radius 3 is 2.11 bits per heavy atom. The molecule has 0 unspecified atom stereocenters. The van der Waals surface area contributed by atoms with Gasteiger partial charge in [-0.3, -0.25) is 0 Å². The van der Waals surface area contributed by atoms with Crippen molar-refractivity contribution >= 4 is 0 Å². The molecular formula is C24H36NO3+. The van der Waals surface area contributed by atoms with Crippen molar-refractivity contribution in [3.63, 3.8) is 0 Å². The predicted octanol–water partition coefficient (Wildman–Crippen LogP) is 4.38. The number of nitrogens with two attached hydrogens (primary N) is 1. The number of methoxy groups -OCH3 is 2. The van der Waals surface area contributed by atoms with Crippen LogP contribution in [0.5, 0.6) is 17.2 Å². The van der Waals surface area contributed by atoms with Crippen molar-refractivity contribution in [2.45, 2.75) is 52.7 Å². The van der Waals surface area contributed by atoms with Crippen molar-refractivity contribution in [2.24, 2.45) is 5.92 Å². The van der Waals surface area contributed by atoms with Crippen molar-refractivity contribution in [1.82, 2.24) is 0 Å². The van der Waals surface area contributed by atoms with Crippen LogP contribution < -0.4 is 19.5 Å². The Bertz CT molecular complexity index is 710. The van der Waals surface area contributed by atoms with E-state index in [9.17, 15) is 0 Å². The molecule has 0 saturated carbocycles. The van der Waals surface area contributed by atoms with Crippen LogP contribution in [0.2, 0.25) is 0 Å². The van der Waals surface area contributed by atoms with Gasteiger partial charge in [-0.25, -0.2) is 0 Å². The molecule has 2 aromatic carbocycles. The zero-order valence-corrected chi connectivity index (χ0v) is 18.2. The fourth-order valence-corrected chi connectivity index (χ4v) is 3.52. The molecule has 4 heteroatoms. The van der Waals surface area contributed by atoms with E-state index in [4.69, 9.17) is 14.2 Å². The van der Waals surface area contributed by atoms with Crippen LogP contribution in [0.4, 0.5) is 0 Å². The first-order valence-electron chi connectivity index (χ1n) is 10.2. The fourth-order valence-electron chi connectivity index (χ4n) is 3.52. The van der Waals surface area contributed by atoms with Gasteiger partial charge in [-0.15, -0.1) is 0 Å². The molecule has 0 aliphatic carbocycles. The lowest BCUT2D eigenvalue weighted by Crippen LogP contribution is -2.82. The van der Waals surface area contributed by atoms with Gasteiger partial charge in [0.2, 0.25) is 0 Å². The van der Waals surface area contributed by atoms with Gasteiger partial charge in [0.25, 0.3) is 0 Å². The highest BCUT2D eigenvalue weighted by molar-refractivity contribution is 5.42. The number of quaternary nitrogens is 1. The smallest absolute Gasteiger partial charge is 0.161 e. The van der Waals surface area contributed by atoms with Gasteiger partial charge >= 0.3 is 0 Å². The molecule has 2 N–H and O–H groups in total. The average molecular weight is 387 g/mol. The van der Waals surface area contributed by atoms with Gasteiger partial charge in [0.15, 0.2) is 11.5 Å². The standard InChI is InChI=1S/C24H35NO3/c1-17(2)22(20-8-10-21(11-9-20)28-18(3)4)13-14-25-16-19-7-12-23(26-5)24(15-19)27-6/h7-12,15,17-18,22,25H,13-14,16H2,1-6H3/p+1/t22-/m0/s1. The van der Waals surface area contributed by atoms with Crippen LogP contribution in [0.1, 0.15) is 51.2 Å². The van der Waals surface area contributed by atoms with Gasteiger partial charge < -0.3 is 19.5 Å². The molecule has 2 aromatic rings. The second-order valence-electron chi connectivity index (χ2n) is 7.85. The maximum atomic E-state index is 5.77. The highest BCUT2D eigenvalue weighted by Gasteiger charge is 2.17. The molecule has 4 nitrogen and oxygen atoms in total. The van der Waals surface area contributed by atoms with Crippen molar-refractivity contribution < 1.29 is 19.5 Å². The van der Waals surface area contributed by atoms with E-state index in [0.717, 1.165) is 36.8 Å². The molecule has 0 saturated heterocycles. The van der Waals surface area contributed by atoms with Gasteiger partial charge in [-0.1, -0.05) is 26.0 Å². The second kappa shape index (κ2) is 11.0. The first-order valence-corrected chi connectivity index (χ1v) is 10.2. The molecule has 1 atom stereocenters. The van der Waals surface area contributed by atoms with Crippen LogP contribution in [-0.4, -0.2) is 26.9 Å². The minimum atomic E-state index is 0.206. The third-order valence-electron chi connectivity index (χ3n) is 4.99. The summed E-state index contributed by atoms with van der Waals surface area (Å²) in [4.78, 5) is 0. The maximum absolute atomic E-state index is 5.77. The summed E-state index contributed by atoms with van der Waals surface area (Å²) in [5.41, 5.74) is 2.64. The van der Waals surface area contributed by atoms with Gasteiger partial charge in [0.05, 0.1) is 26.9 Å². The van der Waals surface area contributed by atoms with E-state index < -0.39 is 0 Å². The van der Waals surface area contributed by atoms with E-state index in [1.807, 2.05) is 6.07 Å². The first-order chi connectivity index (χ1) is 13.4. The lowest BCUT2D eigenvalue weighted by atomic mass is 9.86. The minimum Gasteiger partial charge on any atom is -0.493 e. The van der Waals surface area contributed by atoms with Crippen molar-refractivity contribution in [1.29, 1.82) is 0 Å². The number of hydrogen-bond acceptors (Lipinski definition) is 3. The maximum Gasteiger partial charge on any atom is 0.161 e. The molecule has 0 aliphatic heterocycles. The van der Waals surface area contributed by atoms with Crippen LogP contribution in [0.15, 0.2) is 42.5 Å². The Morgan fingerprint density at radius 2 is 1.54 bits per heavy atom. The topological polar surface area (TPSA) is 44.3 Å². The summed E-state index contributed by atoms with van der Waals surface area (Å²) < 4.78 is 16.5. The third-order valence-corrected chi connectivity index (χ3v) is 4.99. The molecular weight excluding hydrogens is 350 g/mol. The lowest BCUT2D eigenvalue weighted by Gasteiger charge is -2.21. The van der Waals surface area contributed by atoms with Gasteiger partial charge in [0.1, 0.15) is 12.3 Å². The normalized spacial score (nSPS) is 12.3. The summed E-state index contributed by atoms with van der Waals surface area (Å²) in [5.74, 6) is 3.66. The Morgan fingerprint density at radius 1 is 0.857 bits per heavy atom. The summed E-state index contributed by atoms with van der Waals surface area (Å²) >= 11 is 0. The van der Waals surface area contributed by atoms with Gasteiger partial charge in [-0.05, 0) is 61.6 Å². The molecule has 28 heavy (non-hydrogen) atoms. The molecule has 0 heterocycles. The molecule has 154 valence electrons. The Balaban J connectivity index is 1.90. The summed E-state index contributed by atoms with van der Waals surface area (Å²) in [5, 5.41) is 2.37. The first kappa shape index (κ1) is 22.1. The number of hydrogen-bond donors (Lipinski definition) is 1. The van der Waals surface area contributed by atoms with Crippen LogP contribution in [0, 0.1) is 5.92 Å². The number of rotatable bonds is 11. The van der Waals surface area contributed by atoms with Gasteiger partial charge in [-0.2, -0.15) is 0 Å². The van der Waals surface area contributed by atoms with Gasteiger partial charge in [0, 0.05) is 12.0 Å². The zero-order chi connectivity index (χ0) is 20.5. The average Bonchev–Trinajstić information content (AvgIpc) is 2.68. The molecule has 0 fully saturated rings. The molecule has 0 spiro atoms. The number of ether oxygens (including phenoxy) is 3.